The highest BCUT2D eigenvalue weighted by atomic mass is 16.5. The number of nitrogens with zero attached hydrogens (tertiary/aromatic N) is 1. The molecule has 0 aromatic carbocycles. The Labute approximate surface area is 101 Å². The topological polar surface area (TPSA) is 66.8 Å². The Morgan fingerprint density at radius 2 is 2.12 bits per heavy atom. The molecule has 2 heterocycles. The molecule has 17 heavy (non-hydrogen) atoms. The van der Waals surface area contributed by atoms with Gasteiger partial charge in [-0.3, -0.25) is 9.59 Å². The summed E-state index contributed by atoms with van der Waals surface area (Å²) in [6.07, 6.45) is 2.55. The minimum Gasteiger partial charge on any atom is -0.481 e. The van der Waals surface area contributed by atoms with E-state index in [9.17, 15) is 9.59 Å². The lowest BCUT2D eigenvalue weighted by Crippen LogP contribution is -2.37. The van der Waals surface area contributed by atoms with Crippen molar-refractivity contribution >= 4 is 11.9 Å². The normalized spacial score (nSPS) is 33.0. The second-order valence-electron chi connectivity index (χ2n) is 5.05. The Kier molecular flexibility index (Phi) is 3.66. The van der Waals surface area contributed by atoms with Gasteiger partial charge in [0.05, 0.1) is 6.10 Å². The zero-order valence-corrected chi connectivity index (χ0v) is 10.1. The summed E-state index contributed by atoms with van der Waals surface area (Å²) in [7, 11) is 0. The lowest BCUT2D eigenvalue weighted by Gasteiger charge is -2.20. The third-order valence-electron chi connectivity index (χ3n) is 3.57. The van der Waals surface area contributed by atoms with Crippen LogP contribution in [0, 0.1) is 5.92 Å². The molecule has 5 heteroatoms. The van der Waals surface area contributed by atoms with Crippen LogP contribution in [-0.4, -0.2) is 47.2 Å². The van der Waals surface area contributed by atoms with Crippen LogP contribution in [0.4, 0.5) is 0 Å². The standard InChI is InChI=1S/C12H19NO4/c1-8-2-3-10(17-8)12(16)13-5-4-9(7-13)6-11(14)15/h8-10H,2-7H2,1H3,(H,14,15). The average Bonchev–Trinajstić information content (AvgIpc) is 2.85. The summed E-state index contributed by atoms with van der Waals surface area (Å²) in [6, 6.07) is 0. The molecule has 0 spiro atoms. The zero-order chi connectivity index (χ0) is 12.4. The molecule has 1 N–H and O–H groups in total. The quantitative estimate of drug-likeness (QED) is 0.796. The van der Waals surface area contributed by atoms with Gasteiger partial charge in [0.25, 0.3) is 5.91 Å². The van der Waals surface area contributed by atoms with Crippen molar-refractivity contribution in [3.63, 3.8) is 0 Å². The molecule has 0 aliphatic carbocycles. The number of carboxylic acid groups (broad SMARTS) is 1. The molecule has 0 aromatic rings. The molecule has 2 aliphatic rings. The maximum Gasteiger partial charge on any atom is 0.303 e. The summed E-state index contributed by atoms with van der Waals surface area (Å²) >= 11 is 0. The van der Waals surface area contributed by atoms with Crippen molar-refractivity contribution in [1.82, 2.24) is 4.90 Å². The Morgan fingerprint density at radius 1 is 1.35 bits per heavy atom. The highest BCUT2D eigenvalue weighted by molar-refractivity contribution is 5.81. The lowest BCUT2D eigenvalue weighted by molar-refractivity contribution is -0.142. The van der Waals surface area contributed by atoms with Gasteiger partial charge in [0.2, 0.25) is 0 Å². The van der Waals surface area contributed by atoms with Crippen LogP contribution in [0.5, 0.6) is 0 Å². The fourth-order valence-electron chi connectivity index (χ4n) is 2.63. The molecular weight excluding hydrogens is 222 g/mol. The van der Waals surface area contributed by atoms with Crippen LogP contribution in [0.1, 0.15) is 32.6 Å². The van der Waals surface area contributed by atoms with Crippen molar-refractivity contribution in [2.75, 3.05) is 13.1 Å². The Bertz CT molecular complexity index is 318. The Morgan fingerprint density at radius 3 is 2.71 bits per heavy atom. The second kappa shape index (κ2) is 5.04. The van der Waals surface area contributed by atoms with Crippen molar-refractivity contribution < 1.29 is 19.4 Å². The lowest BCUT2D eigenvalue weighted by atomic mass is 10.1. The maximum absolute atomic E-state index is 12.1. The molecule has 2 aliphatic heterocycles. The largest absolute Gasteiger partial charge is 0.481 e. The Balaban J connectivity index is 1.83. The van der Waals surface area contributed by atoms with E-state index in [1.165, 1.54) is 0 Å². The fourth-order valence-corrected chi connectivity index (χ4v) is 2.63. The van der Waals surface area contributed by atoms with E-state index in [4.69, 9.17) is 9.84 Å². The SMILES string of the molecule is CC1CCC(C(=O)N2CCC(CC(=O)O)C2)O1. The summed E-state index contributed by atoms with van der Waals surface area (Å²) in [5.41, 5.74) is 0. The van der Waals surface area contributed by atoms with Crippen LogP contribution >= 0.6 is 0 Å². The third kappa shape index (κ3) is 2.97. The van der Waals surface area contributed by atoms with Gasteiger partial charge >= 0.3 is 5.97 Å². The first kappa shape index (κ1) is 12.4. The number of hydrogen-bond acceptors (Lipinski definition) is 3. The van der Waals surface area contributed by atoms with Crippen molar-refractivity contribution in [3.8, 4) is 0 Å². The van der Waals surface area contributed by atoms with Crippen LogP contribution in [0.3, 0.4) is 0 Å². The van der Waals surface area contributed by atoms with Gasteiger partial charge < -0.3 is 14.7 Å². The molecule has 96 valence electrons. The van der Waals surface area contributed by atoms with Crippen molar-refractivity contribution in [1.29, 1.82) is 0 Å². The first-order valence-corrected chi connectivity index (χ1v) is 6.22. The predicted octanol–water partition coefficient (Wildman–Crippen LogP) is 0.877. The summed E-state index contributed by atoms with van der Waals surface area (Å²) in [4.78, 5) is 24.4. The van der Waals surface area contributed by atoms with Gasteiger partial charge in [0, 0.05) is 19.5 Å². The van der Waals surface area contributed by atoms with E-state index in [-0.39, 0.29) is 30.5 Å². The van der Waals surface area contributed by atoms with E-state index in [0.717, 1.165) is 19.3 Å². The molecular formula is C12H19NO4. The monoisotopic (exact) mass is 241 g/mol. The number of amides is 1. The smallest absolute Gasteiger partial charge is 0.303 e. The Hall–Kier alpha value is -1.10. The van der Waals surface area contributed by atoms with E-state index >= 15 is 0 Å². The molecule has 2 fully saturated rings. The number of rotatable bonds is 3. The summed E-state index contributed by atoms with van der Waals surface area (Å²) in [5, 5.41) is 8.72. The molecule has 1 amide bonds. The van der Waals surface area contributed by atoms with E-state index in [1.807, 2.05) is 6.92 Å². The average molecular weight is 241 g/mol. The van der Waals surface area contributed by atoms with Crippen LogP contribution in [0.2, 0.25) is 0 Å². The molecule has 0 bridgehead atoms. The highest BCUT2D eigenvalue weighted by Crippen LogP contribution is 2.25. The van der Waals surface area contributed by atoms with Crippen molar-refractivity contribution in [2.24, 2.45) is 5.92 Å². The number of carboxylic acids is 1. The number of likely N-dealkylation sites (tertiary alicyclic amines) is 1. The molecule has 3 atom stereocenters. The van der Waals surface area contributed by atoms with Crippen LogP contribution in [-0.2, 0) is 14.3 Å². The van der Waals surface area contributed by atoms with E-state index in [0.29, 0.717) is 13.1 Å². The zero-order valence-electron chi connectivity index (χ0n) is 10.1. The first-order valence-electron chi connectivity index (χ1n) is 6.22. The fraction of sp³-hybridized carbons (Fsp3) is 0.833. The minimum atomic E-state index is -0.782. The third-order valence-corrected chi connectivity index (χ3v) is 3.57. The van der Waals surface area contributed by atoms with Crippen LogP contribution in [0.25, 0.3) is 0 Å². The molecule has 2 rings (SSSR count). The maximum atomic E-state index is 12.1. The highest BCUT2D eigenvalue weighted by Gasteiger charge is 2.35. The number of carbonyl (C=O) groups excluding carboxylic acids is 1. The molecule has 3 unspecified atom stereocenters. The van der Waals surface area contributed by atoms with E-state index in [1.54, 1.807) is 4.90 Å². The van der Waals surface area contributed by atoms with Crippen molar-refractivity contribution in [3.05, 3.63) is 0 Å². The van der Waals surface area contributed by atoms with Crippen LogP contribution in [0.15, 0.2) is 0 Å². The van der Waals surface area contributed by atoms with Gasteiger partial charge in [0.15, 0.2) is 0 Å². The van der Waals surface area contributed by atoms with E-state index in [2.05, 4.69) is 0 Å². The predicted molar refractivity (Wildman–Crippen MR) is 60.5 cm³/mol. The van der Waals surface area contributed by atoms with Crippen molar-refractivity contribution in [2.45, 2.75) is 44.8 Å². The first-order chi connectivity index (χ1) is 8.06. The summed E-state index contributed by atoms with van der Waals surface area (Å²) < 4.78 is 5.54. The van der Waals surface area contributed by atoms with Gasteiger partial charge in [-0.05, 0) is 32.1 Å². The molecule has 2 saturated heterocycles. The summed E-state index contributed by atoms with van der Waals surface area (Å²) in [5.74, 6) is -0.632. The molecule has 0 saturated carbocycles. The number of ether oxygens (including phenoxy) is 1. The van der Waals surface area contributed by atoms with Crippen LogP contribution < -0.4 is 0 Å². The number of hydrogen-bond donors (Lipinski definition) is 1. The summed E-state index contributed by atoms with van der Waals surface area (Å²) in [6.45, 7) is 3.22. The van der Waals surface area contributed by atoms with Gasteiger partial charge in [-0.1, -0.05) is 0 Å². The van der Waals surface area contributed by atoms with Gasteiger partial charge in [-0.25, -0.2) is 0 Å². The number of carbonyl (C=O) groups is 2. The second-order valence-corrected chi connectivity index (χ2v) is 5.05. The minimum absolute atomic E-state index is 0.0437. The molecule has 5 nitrogen and oxygen atoms in total. The molecule has 0 aromatic heterocycles. The van der Waals surface area contributed by atoms with Gasteiger partial charge in [0.1, 0.15) is 6.10 Å². The molecule has 0 radical (unpaired) electrons. The van der Waals surface area contributed by atoms with E-state index < -0.39 is 5.97 Å². The van der Waals surface area contributed by atoms with Gasteiger partial charge in [-0.2, -0.15) is 0 Å². The number of aliphatic carboxylic acids is 1. The van der Waals surface area contributed by atoms with Gasteiger partial charge in [-0.15, -0.1) is 0 Å².